The maximum absolute atomic E-state index is 11.7. The Morgan fingerprint density at radius 1 is 1.35 bits per heavy atom. The van der Waals surface area contributed by atoms with Crippen LogP contribution in [0.15, 0.2) is 0 Å². The number of hydrogen-bond acceptors (Lipinski definition) is 2. The van der Waals surface area contributed by atoms with Crippen LogP contribution < -0.4 is 10.6 Å². The van der Waals surface area contributed by atoms with Crippen LogP contribution >= 0.6 is 0 Å². The van der Waals surface area contributed by atoms with Gasteiger partial charge in [-0.3, -0.25) is 0 Å². The van der Waals surface area contributed by atoms with Gasteiger partial charge in [0, 0.05) is 13.0 Å². The molecule has 17 heavy (non-hydrogen) atoms. The van der Waals surface area contributed by atoms with Crippen LogP contribution in [0.1, 0.15) is 26.2 Å². The molecular formula is C9H15F3N2O3. The summed E-state index contributed by atoms with van der Waals surface area (Å²) in [6.07, 6.45) is -5.26. The first-order valence-electron chi connectivity index (χ1n) is 5.10. The molecule has 0 spiro atoms. The summed E-state index contributed by atoms with van der Waals surface area (Å²) in [5, 5.41) is 12.9. The standard InChI is InChI=1S/C9H15F3N2O3/c1-2-6(7(15)16)14-8(17)13-5-3-4-9(10,11)12/h6H,2-5H2,1H3,(H,15,16)(H2,13,14,17)/t6-/m0/s1. The Morgan fingerprint density at radius 2 is 1.94 bits per heavy atom. The highest BCUT2D eigenvalue weighted by Gasteiger charge is 2.26. The molecule has 0 aromatic rings. The minimum absolute atomic E-state index is 0.151. The molecule has 0 saturated heterocycles. The SMILES string of the molecule is CC[C@H](NC(=O)NCCCC(F)(F)F)C(=O)O. The van der Waals surface area contributed by atoms with Gasteiger partial charge in [0.15, 0.2) is 0 Å². The lowest BCUT2D eigenvalue weighted by Gasteiger charge is -2.13. The van der Waals surface area contributed by atoms with E-state index in [2.05, 4.69) is 10.6 Å². The minimum atomic E-state index is -4.24. The van der Waals surface area contributed by atoms with Crippen LogP contribution in [0.5, 0.6) is 0 Å². The highest BCUT2D eigenvalue weighted by molar-refractivity contribution is 5.82. The van der Waals surface area contributed by atoms with Gasteiger partial charge in [0.25, 0.3) is 0 Å². The van der Waals surface area contributed by atoms with Crippen LogP contribution in [-0.4, -0.2) is 35.9 Å². The van der Waals surface area contributed by atoms with Gasteiger partial charge >= 0.3 is 18.2 Å². The molecule has 0 saturated carbocycles. The third-order valence-electron chi connectivity index (χ3n) is 1.93. The normalized spacial score (nSPS) is 12.9. The van der Waals surface area contributed by atoms with E-state index >= 15 is 0 Å². The Labute approximate surface area is 96.4 Å². The van der Waals surface area contributed by atoms with E-state index in [9.17, 15) is 22.8 Å². The molecule has 2 amide bonds. The molecule has 0 aliphatic carbocycles. The molecule has 0 aromatic heterocycles. The van der Waals surface area contributed by atoms with E-state index in [-0.39, 0.29) is 19.4 Å². The van der Waals surface area contributed by atoms with Crippen molar-refractivity contribution in [3.63, 3.8) is 0 Å². The number of alkyl halides is 3. The fourth-order valence-electron chi connectivity index (χ4n) is 1.04. The van der Waals surface area contributed by atoms with Crippen molar-refractivity contribution in [2.24, 2.45) is 0 Å². The van der Waals surface area contributed by atoms with Crippen molar-refractivity contribution in [3.8, 4) is 0 Å². The molecule has 0 aliphatic rings. The van der Waals surface area contributed by atoms with Crippen LogP contribution in [0.4, 0.5) is 18.0 Å². The maximum Gasteiger partial charge on any atom is 0.389 e. The smallest absolute Gasteiger partial charge is 0.389 e. The summed E-state index contributed by atoms with van der Waals surface area (Å²) in [6.45, 7) is 1.42. The number of carboxylic acid groups (broad SMARTS) is 1. The Bertz CT molecular complexity index is 269. The van der Waals surface area contributed by atoms with E-state index < -0.39 is 30.6 Å². The van der Waals surface area contributed by atoms with Gasteiger partial charge < -0.3 is 15.7 Å². The molecule has 1 atom stereocenters. The Kier molecular flexibility index (Phi) is 6.37. The number of carbonyl (C=O) groups is 2. The third-order valence-corrected chi connectivity index (χ3v) is 1.93. The molecule has 0 aliphatic heterocycles. The van der Waals surface area contributed by atoms with Gasteiger partial charge in [-0.1, -0.05) is 6.92 Å². The van der Waals surface area contributed by atoms with Crippen LogP contribution in [-0.2, 0) is 4.79 Å². The van der Waals surface area contributed by atoms with Crippen molar-refractivity contribution < 1.29 is 27.9 Å². The summed E-state index contributed by atoms with van der Waals surface area (Å²) in [7, 11) is 0. The molecule has 0 bridgehead atoms. The van der Waals surface area contributed by atoms with Crippen LogP contribution in [0.25, 0.3) is 0 Å². The number of carboxylic acids is 1. The number of hydrogen-bond donors (Lipinski definition) is 3. The molecule has 0 unspecified atom stereocenters. The van der Waals surface area contributed by atoms with E-state index in [1.807, 2.05) is 0 Å². The van der Waals surface area contributed by atoms with E-state index in [4.69, 9.17) is 5.11 Å². The number of amides is 2. The van der Waals surface area contributed by atoms with E-state index in [0.29, 0.717) is 0 Å². The average Bonchev–Trinajstić information content (AvgIpc) is 2.19. The Morgan fingerprint density at radius 3 is 2.35 bits per heavy atom. The molecule has 0 radical (unpaired) electrons. The number of rotatable bonds is 6. The minimum Gasteiger partial charge on any atom is -0.480 e. The first kappa shape index (κ1) is 15.5. The zero-order valence-corrected chi connectivity index (χ0v) is 9.30. The monoisotopic (exact) mass is 256 g/mol. The fourth-order valence-corrected chi connectivity index (χ4v) is 1.04. The Balaban J connectivity index is 3.77. The summed E-state index contributed by atoms with van der Waals surface area (Å²) in [5.74, 6) is -1.18. The zero-order chi connectivity index (χ0) is 13.5. The molecule has 0 aromatic carbocycles. The van der Waals surface area contributed by atoms with Gasteiger partial charge in [0.2, 0.25) is 0 Å². The molecule has 0 rings (SSSR count). The number of carbonyl (C=O) groups excluding carboxylic acids is 1. The van der Waals surface area contributed by atoms with Crippen molar-refractivity contribution in [1.82, 2.24) is 10.6 Å². The maximum atomic E-state index is 11.7. The highest BCUT2D eigenvalue weighted by Crippen LogP contribution is 2.20. The van der Waals surface area contributed by atoms with Gasteiger partial charge in [-0.25, -0.2) is 9.59 Å². The predicted molar refractivity (Wildman–Crippen MR) is 53.5 cm³/mol. The second kappa shape index (κ2) is 6.97. The predicted octanol–water partition coefficient (Wildman–Crippen LogP) is 1.49. The number of nitrogens with one attached hydrogen (secondary N) is 2. The molecular weight excluding hydrogens is 241 g/mol. The fraction of sp³-hybridized carbons (Fsp3) is 0.778. The van der Waals surface area contributed by atoms with Crippen molar-refractivity contribution in [3.05, 3.63) is 0 Å². The van der Waals surface area contributed by atoms with Gasteiger partial charge in [0.05, 0.1) is 0 Å². The third kappa shape index (κ3) is 8.35. The lowest BCUT2D eigenvalue weighted by atomic mass is 10.2. The second-order valence-electron chi connectivity index (χ2n) is 3.42. The van der Waals surface area contributed by atoms with Crippen molar-refractivity contribution >= 4 is 12.0 Å². The van der Waals surface area contributed by atoms with E-state index in [0.717, 1.165) is 0 Å². The van der Waals surface area contributed by atoms with Crippen LogP contribution in [0.3, 0.4) is 0 Å². The van der Waals surface area contributed by atoms with Crippen LogP contribution in [0.2, 0.25) is 0 Å². The summed E-state index contributed by atoms with van der Waals surface area (Å²) < 4.78 is 35.2. The summed E-state index contributed by atoms with van der Waals surface area (Å²) >= 11 is 0. The first-order valence-corrected chi connectivity index (χ1v) is 5.10. The molecule has 100 valence electrons. The lowest BCUT2D eigenvalue weighted by Crippen LogP contribution is -2.45. The zero-order valence-electron chi connectivity index (χ0n) is 9.30. The highest BCUT2D eigenvalue weighted by atomic mass is 19.4. The van der Waals surface area contributed by atoms with Gasteiger partial charge in [-0.15, -0.1) is 0 Å². The van der Waals surface area contributed by atoms with Gasteiger partial charge in [-0.2, -0.15) is 13.2 Å². The average molecular weight is 256 g/mol. The lowest BCUT2D eigenvalue weighted by molar-refractivity contribution is -0.139. The number of urea groups is 1. The molecule has 5 nitrogen and oxygen atoms in total. The van der Waals surface area contributed by atoms with E-state index in [1.54, 1.807) is 6.92 Å². The summed E-state index contributed by atoms with van der Waals surface area (Å²) in [4.78, 5) is 21.6. The largest absolute Gasteiger partial charge is 0.480 e. The summed E-state index contributed by atoms with van der Waals surface area (Å²) in [6, 6.07) is -1.81. The number of aliphatic carboxylic acids is 1. The second-order valence-corrected chi connectivity index (χ2v) is 3.42. The van der Waals surface area contributed by atoms with Gasteiger partial charge in [-0.05, 0) is 12.8 Å². The van der Waals surface area contributed by atoms with Gasteiger partial charge in [0.1, 0.15) is 6.04 Å². The molecule has 0 fully saturated rings. The molecule has 0 heterocycles. The quantitative estimate of drug-likeness (QED) is 0.630. The topological polar surface area (TPSA) is 78.4 Å². The van der Waals surface area contributed by atoms with Crippen LogP contribution in [0, 0.1) is 0 Å². The van der Waals surface area contributed by atoms with Crippen molar-refractivity contribution in [2.75, 3.05) is 6.54 Å². The summed E-state index contributed by atoms with van der Waals surface area (Å²) in [5.41, 5.74) is 0. The molecule has 8 heteroatoms. The van der Waals surface area contributed by atoms with Crippen molar-refractivity contribution in [1.29, 1.82) is 0 Å². The molecule has 3 N–H and O–H groups in total. The van der Waals surface area contributed by atoms with Crippen molar-refractivity contribution in [2.45, 2.75) is 38.4 Å². The van der Waals surface area contributed by atoms with E-state index in [1.165, 1.54) is 0 Å². The first-order chi connectivity index (χ1) is 7.76. The Hall–Kier alpha value is -1.47. The number of halogens is 3.